The predicted octanol–water partition coefficient (Wildman–Crippen LogP) is 2.14. The van der Waals surface area contributed by atoms with Crippen LogP contribution in [0.1, 0.15) is 16.1 Å². The summed E-state index contributed by atoms with van der Waals surface area (Å²) in [6.45, 7) is 0.514. The lowest BCUT2D eigenvalue weighted by Gasteiger charge is -2.17. The highest BCUT2D eigenvalue weighted by molar-refractivity contribution is 6.07. The number of aromatic nitrogens is 1. The lowest BCUT2D eigenvalue weighted by Crippen LogP contribution is -2.30. The molecule has 1 amide bonds. The fraction of sp³-hybridized carbons (Fsp3) is 0.214. The second-order valence-corrected chi connectivity index (χ2v) is 5.05. The molecule has 0 saturated carbocycles. The third-order valence-corrected chi connectivity index (χ3v) is 3.66. The van der Waals surface area contributed by atoms with Crippen molar-refractivity contribution in [1.29, 1.82) is 0 Å². The number of nitro groups is 1. The number of nitro benzene ring substituents is 1. The number of amides is 1. The third-order valence-electron chi connectivity index (χ3n) is 3.66. The Balaban J connectivity index is 0.00000176. The minimum atomic E-state index is -0.428. The van der Waals surface area contributed by atoms with Crippen LogP contribution in [0.5, 0.6) is 0 Å². The molecule has 2 heterocycles. The minimum Gasteiger partial charge on any atom is -0.397 e. The first kappa shape index (κ1) is 15.8. The Morgan fingerprint density at radius 3 is 2.68 bits per heavy atom. The predicted molar refractivity (Wildman–Crippen MR) is 85.6 cm³/mol. The van der Waals surface area contributed by atoms with Gasteiger partial charge in [-0.1, -0.05) is 0 Å². The molecule has 0 atom stereocenters. The standard InChI is InChI=1S/C14H14N4O3.ClH/c1-16-8-10(15)7-13(16)14(19)17-5-4-9-6-11(18(20)21)2-3-12(9)17;/h2-3,6-8H,4-5,15H2,1H3;1H. The normalized spacial score (nSPS) is 12.7. The van der Waals surface area contributed by atoms with Crippen molar-refractivity contribution in [2.45, 2.75) is 6.42 Å². The van der Waals surface area contributed by atoms with Crippen molar-refractivity contribution in [3.05, 3.63) is 51.8 Å². The zero-order chi connectivity index (χ0) is 15.1. The molecule has 0 bridgehead atoms. The van der Waals surface area contributed by atoms with Crippen LogP contribution in [0.4, 0.5) is 17.1 Å². The van der Waals surface area contributed by atoms with Crippen LogP contribution in [-0.4, -0.2) is 21.9 Å². The molecule has 22 heavy (non-hydrogen) atoms. The number of rotatable bonds is 2. The highest BCUT2D eigenvalue weighted by Gasteiger charge is 2.28. The zero-order valence-corrected chi connectivity index (χ0v) is 12.7. The van der Waals surface area contributed by atoms with Gasteiger partial charge in [-0.05, 0) is 24.1 Å². The first-order valence-electron chi connectivity index (χ1n) is 6.48. The molecule has 0 radical (unpaired) electrons. The van der Waals surface area contributed by atoms with E-state index in [1.807, 2.05) is 0 Å². The van der Waals surface area contributed by atoms with Gasteiger partial charge in [0.05, 0.1) is 10.6 Å². The summed E-state index contributed by atoms with van der Waals surface area (Å²) in [5.74, 6) is -0.151. The van der Waals surface area contributed by atoms with Gasteiger partial charge in [0.1, 0.15) is 5.69 Å². The number of non-ortho nitro benzene ring substituents is 1. The van der Waals surface area contributed by atoms with Crippen LogP contribution >= 0.6 is 12.4 Å². The molecule has 0 saturated heterocycles. The number of halogens is 1. The molecule has 1 aromatic carbocycles. The molecule has 0 aliphatic carbocycles. The van der Waals surface area contributed by atoms with Crippen molar-refractivity contribution in [3.63, 3.8) is 0 Å². The van der Waals surface area contributed by atoms with Crippen molar-refractivity contribution in [3.8, 4) is 0 Å². The number of hydrogen-bond donors (Lipinski definition) is 1. The largest absolute Gasteiger partial charge is 0.397 e. The van der Waals surface area contributed by atoms with Crippen LogP contribution in [0.25, 0.3) is 0 Å². The highest BCUT2D eigenvalue weighted by Crippen LogP contribution is 2.32. The summed E-state index contributed by atoms with van der Waals surface area (Å²) in [6.07, 6.45) is 2.29. The van der Waals surface area contributed by atoms with Gasteiger partial charge < -0.3 is 15.2 Å². The molecular weight excluding hydrogens is 308 g/mol. The van der Waals surface area contributed by atoms with Gasteiger partial charge in [0, 0.05) is 37.6 Å². The summed E-state index contributed by atoms with van der Waals surface area (Å²) in [5, 5.41) is 10.8. The van der Waals surface area contributed by atoms with Crippen molar-refractivity contribution < 1.29 is 9.72 Å². The topological polar surface area (TPSA) is 94.4 Å². The Morgan fingerprint density at radius 1 is 1.36 bits per heavy atom. The number of nitrogens with two attached hydrogens (primary N) is 1. The van der Waals surface area contributed by atoms with Crippen molar-refractivity contribution in [2.75, 3.05) is 17.2 Å². The molecule has 0 fully saturated rings. The number of fused-ring (bicyclic) bond motifs is 1. The SMILES string of the molecule is Cl.Cn1cc(N)cc1C(=O)N1CCc2cc([N+](=O)[O-])ccc21. The van der Waals surface area contributed by atoms with Gasteiger partial charge in [0.25, 0.3) is 11.6 Å². The van der Waals surface area contributed by atoms with Gasteiger partial charge >= 0.3 is 0 Å². The lowest BCUT2D eigenvalue weighted by atomic mass is 10.1. The maximum absolute atomic E-state index is 12.6. The molecule has 1 aromatic heterocycles. The van der Waals surface area contributed by atoms with Gasteiger partial charge in [-0.25, -0.2) is 0 Å². The lowest BCUT2D eigenvalue weighted by molar-refractivity contribution is -0.384. The number of nitrogens with zero attached hydrogens (tertiary/aromatic N) is 3. The van der Waals surface area contributed by atoms with E-state index in [1.165, 1.54) is 12.1 Å². The molecule has 0 unspecified atom stereocenters. The van der Waals surface area contributed by atoms with E-state index in [2.05, 4.69) is 0 Å². The average Bonchev–Trinajstić information content (AvgIpc) is 3.00. The highest BCUT2D eigenvalue weighted by atomic mass is 35.5. The number of hydrogen-bond acceptors (Lipinski definition) is 4. The molecule has 7 nitrogen and oxygen atoms in total. The maximum Gasteiger partial charge on any atom is 0.274 e. The Morgan fingerprint density at radius 2 is 2.09 bits per heavy atom. The molecule has 2 aromatic rings. The number of anilines is 2. The third kappa shape index (κ3) is 2.50. The van der Waals surface area contributed by atoms with Crippen LogP contribution in [0, 0.1) is 10.1 Å². The Labute approximate surface area is 132 Å². The number of benzene rings is 1. The summed E-state index contributed by atoms with van der Waals surface area (Å²) in [5.41, 5.74) is 8.32. The fourth-order valence-corrected chi connectivity index (χ4v) is 2.65. The summed E-state index contributed by atoms with van der Waals surface area (Å²) < 4.78 is 1.68. The zero-order valence-electron chi connectivity index (χ0n) is 11.9. The monoisotopic (exact) mass is 322 g/mol. The van der Waals surface area contributed by atoms with Gasteiger partial charge in [0.2, 0.25) is 0 Å². The van der Waals surface area contributed by atoms with E-state index in [1.54, 1.807) is 34.8 Å². The van der Waals surface area contributed by atoms with Gasteiger partial charge in [0.15, 0.2) is 0 Å². The molecule has 1 aliphatic heterocycles. The van der Waals surface area contributed by atoms with Crippen molar-refractivity contribution >= 4 is 35.4 Å². The van der Waals surface area contributed by atoms with Gasteiger partial charge in [-0.3, -0.25) is 14.9 Å². The van der Waals surface area contributed by atoms with Crippen molar-refractivity contribution in [1.82, 2.24) is 4.57 Å². The molecule has 116 valence electrons. The Bertz CT molecular complexity index is 757. The number of carbonyl (C=O) groups excluding carboxylic acids is 1. The first-order chi connectivity index (χ1) is 9.97. The van der Waals surface area contributed by atoms with Crippen LogP contribution in [0.3, 0.4) is 0 Å². The number of nitrogen functional groups attached to an aromatic ring is 1. The summed E-state index contributed by atoms with van der Waals surface area (Å²) in [6, 6.07) is 6.21. The number of carbonyl (C=O) groups is 1. The first-order valence-corrected chi connectivity index (χ1v) is 6.48. The summed E-state index contributed by atoms with van der Waals surface area (Å²) >= 11 is 0. The minimum absolute atomic E-state index is 0. The van der Waals surface area contributed by atoms with Crippen LogP contribution < -0.4 is 10.6 Å². The van der Waals surface area contributed by atoms with Crippen LogP contribution in [0.15, 0.2) is 30.5 Å². The van der Waals surface area contributed by atoms with E-state index in [0.29, 0.717) is 24.3 Å². The summed E-state index contributed by atoms with van der Waals surface area (Å²) in [4.78, 5) is 24.6. The maximum atomic E-state index is 12.6. The van der Waals surface area contributed by atoms with E-state index in [0.717, 1.165) is 11.3 Å². The van der Waals surface area contributed by atoms with E-state index in [4.69, 9.17) is 5.73 Å². The van der Waals surface area contributed by atoms with E-state index >= 15 is 0 Å². The molecule has 1 aliphatic rings. The second-order valence-electron chi connectivity index (χ2n) is 5.05. The van der Waals surface area contributed by atoms with Gasteiger partial charge in [-0.2, -0.15) is 0 Å². The number of aryl methyl sites for hydroxylation is 1. The quantitative estimate of drug-likeness (QED) is 0.677. The smallest absolute Gasteiger partial charge is 0.274 e. The van der Waals surface area contributed by atoms with E-state index in [9.17, 15) is 14.9 Å². The molecule has 2 N–H and O–H groups in total. The molecule has 8 heteroatoms. The molecule has 3 rings (SSSR count). The molecular formula is C14H15ClN4O3. The average molecular weight is 323 g/mol. The van der Waals surface area contributed by atoms with Crippen LogP contribution in [0.2, 0.25) is 0 Å². The fourth-order valence-electron chi connectivity index (χ4n) is 2.65. The second kappa shape index (κ2) is 5.69. The van der Waals surface area contributed by atoms with E-state index < -0.39 is 4.92 Å². The van der Waals surface area contributed by atoms with Gasteiger partial charge in [-0.15, -0.1) is 12.4 Å². The summed E-state index contributed by atoms with van der Waals surface area (Å²) in [7, 11) is 1.76. The Kier molecular flexibility index (Phi) is 4.09. The Hall–Kier alpha value is -2.54. The van der Waals surface area contributed by atoms with E-state index in [-0.39, 0.29) is 24.0 Å². The van der Waals surface area contributed by atoms with Crippen molar-refractivity contribution in [2.24, 2.45) is 7.05 Å². The molecule has 0 spiro atoms. The van der Waals surface area contributed by atoms with Crippen LogP contribution in [-0.2, 0) is 13.5 Å².